The third-order valence-corrected chi connectivity index (χ3v) is 9.03. The van der Waals surface area contributed by atoms with Crippen molar-refractivity contribution in [1.82, 2.24) is 4.72 Å². The predicted octanol–water partition coefficient (Wildman–Crippen LogP) is 5.55. The Hall–Kier alpha value is -2.42. The number of hydrogen-bond donors (Lipinski definition) is 2. The molecule has 8 heteroatoms. The van der Waals surface area contributed by atoms with Crippen LogP contribution in [0.1, 0.15) is 68.4 Å². The van der Waals surface area contributed by atoms with E-state index in [9.17, 15) is 18.3 Å². The first-order valence-corrected chi connectivity index (χ1v) is 13.8. The van der Waals surface area contributed by atoms with Crippen LogP contribution in [0.3, 0.4) is 0 Å². The van der Waals surface area contributed by atoms with E-state index in [4.69, 9.17) is 4.42 Å². The van der Waals surface area contributed by atoms with Crippen LogP contribution in [-0.2, 0) is 22.9 Å². The maximum absolute atomic E-state index is 13.4. The molecule has 0 aliphatic heterocycles. The fourth-order valence-electron chi connectivity index (χ4n) is 4.45. The van der Waals surface area contributed by atoms with Crippen LogP contribution in [0.15, 0.2) is 55.2 Å². The highest BCUT2D eigenvalue weighted by atomic mass is 32.2. The Morgan fingerprint density at radius 2 is 1.82 bits per heavy atom. The molecular formula is C25H29NO5S2. The Bertz CT molecular complexity index is 1260. The highest BCUT2D eigenvalue weighted by Gasteiger charge is 2.31. The quantitative estimate of drug-likeness (QED) is 0.455. The molecule has 33 heavy (non-hydrogen) atoms. The molecule has 2 aromatic heterocycles. The van der Waals surface area contributed by atoms with Gasteiger partial charge < -0.3 is 9.52 Å². The van der Waals surface area contributed by atoms with Crippen molar-refractivity contribution in [2.75, 3.05) is 0 Å². The highest BCUT2D eigenvalue weighted by molar-refractivity contribution is 7.91. The molecule has 0 bridgehead atoms. The topological polar surface area (TPSA) is 96.6 Å². The zero-order chi connectivity index (χ0) is 23.4. The second-order valence-electron chi connectivity index (χ2n) is 8.42. The molecule has 0 fully saturated rings. The lowest BCUT2D eigenvalue weighted by Crippen LogP contribution is -2.32. The number of rotatable bonds is 7. The van der Waals surface area contributed by atoms with Gasteiger partial charge in [0.15, 0.2) is 0 Å². The summed E-state index contributed by atoms with van der Waals surface area (Å²) in [6.07, 6.45) is 6.13. The molecule has 3 aromatic rings. The molecule has 1 aliphatic carbocycles. The Morgan fingerprint density at radius 1 is 1.09 bits per heavy atom. The van der Waals surface area contributed by atoms with Crippen LogP contribution in [0, 0.1) is 0 Å². The van der Waals surface area contributed by atoms with Crippen molar-refractivity contribution < 1.29 is 17.9 Å². The maximum Gasteiger partial charge on any atom is 0.344 e. The average Bonchev–Trinajstić information content (AvgIpc) is 3.27. The van der Waals surface area contributed by atoms with Gasteiger partial charge in [-0.15, -0.1) is 11.3 Å². The van der Waals surface area contributed by atoms with Gasteiger partial charge in [0.1, 0.15) is 15.7 Å². The molecule has 0 spiro atoms. The molecule has 2 heterocycles. The maximum atomic E-state index is 13.4. The number of aromatic hydroxyl groups is 1. The summed E-state index contributed by atoms with van der Waals surface area (Å²) >= 11 is 1.13. The molecule has 0 saturated heterocycles. The van der Waals surface area contributed by atoms with E-state index in [0.29, 0.717) is 42.6 Å². The van der Waals surface area contributed by atoms with Crippen LogP contribution in [0.2, 0.25) is 0 Å². The first kappa shape index (κ1) is 23.7. The fourth-order valence-corrected chi connectivity index (χ4v) is 7.11. The highest BCUT2D eigenvalue weighted by Crippen LogP contribution is 2.36. The molecule has 6 nitrogen and oxygen atoms in total. The van der Waals surface area contributed by atoms with Crippen LogP contribution >= 0.6 is 11.3 Å². The van der Waals surface area contributed by atoms with Gasteiger partial charge in [0.2, 0.25) is 0 Å². The van der Waals surface area contributed by atoms with Crippen molar-refractivity contribution in [1.29, 1.82) is 0 Å². The lowest BCUT2D eigenvalue weighted by molar-refractivity contribution is 0.375. The van der Waals surface area contributed by atoms with E-state index in [1.54, 1.807) is 11.4 Å². The van der Waals surface area contributed by atoms with Crippen molar-refractivity contribution in [3.63, 3.8) is 0 Å². The molecule has 4 rings (SSSR count). The standard InChI is InChI=1S/C25H29NO5S2/c1-2-10-20(22-23(27)19-13-8-3-4-9-14-21(19)31-24(22)28)26-33(29,30)25-18(15-16-32-25)17-11-6-5-7-12-17/h5-7,11-12,15-16,20,26-27H,2-4,8-10,13-14H2,1H3. The second-order valence-corrected chi connectivity index (χ2v) is 11.2. The van der Waals surface area contributed by atoms with Gasteiger partial charge in [0.05, 0.1) is 11.6 Å². The van der Waals surface area contributed by atoms with Gasteiger partial charge in [0.25, 0.3) is 10.0 Å². The zero-order valence-corrected chi connectivity index (χ0v) is 20.3. The summed E-state index contributed by atoms with van der Waals surface area (Å²) in [6, 6.07) is 10.2. The van der Waals surface area contributed by atoms with Gasteiger partial charge in [-0.25, -0.2) is 17.9 Å². The molecular weight excluding hydrogens is 458 g/mol. The molecule has 0 amide bonds. The minimum atomic E-state index is -3.96. The van der Waals surface area contributed by atoms with Crippen LogP contribution in [0.4, 0.5) is 0 Å². The predicted molar refractivity (Wildman–Crippen MR) is 130 cm³/mol. The number of sulfonamides is 1. The van der Waals surface area contributed by atoms with Gasteiger partial charge in [-0.3, -0.25) is 0 Å². The molecule has 2 N–H and O–H groups in total. The summed E-state index contributed by atoms with van der Waals surface area (Å²) in [6.45, 7) is 1.91. The van der Waals surface area contributed by atoms with Crippen LogP contribution in [0.25, 0.3) is 11.1 Å². The SMILES string of the molecule is CCCC(NS(=O)(=O)c1sccc1-c1ccccc1)c1c(O)c2c(oc1=O)CCCCCC2. The Morgan fingerprint density at radius 3 is 2.55 bits per heavy atom. The van der Waals surface area contributed by atoms with E-state index in [-0.39, 0.29) is 15.5 Å². The monoisotopic (exact) mass is 487 g/mol. The summed E-state index contributed by atoms with van der Waals surface area (Å²) in [5.41, 5.74) is 1.40. The Kier molecular flexibility index (Phi) is 7.36. The zero-order valence-electron chi connectivity index (χ0n) is 18.7. The van der Waals surface area contributed by atoms with E-state index in [2.05, 4.69) is 4.72 Å². The van der Waals surface area contributed by atoms with Gasteiger partial charge >= 0.3 is 5.63 Å². The minimum Gasteiger partial charge on any atom is -0.507 e. The van der Waals surface area contributed by atoms with Gasteiger partial charge in [-0.2, -0.15) is 0 Å². The van der Waals surface area contributed by atoms with Gasteiger partial charge in [0, 0.05) is 17.5 Å². The summed E-state index contributed by atoms with van der Waals surface area (Å²) in [4.78, 5) is 12.9. The fraction of sp³-hybridized carbons (Fsp3) is 0.400. The molecule has 1 unspecified atom stereocenters. The summed E-state index contributed by atoms with van der Waals surface area (Å²) in [7, 11) is -3.96. The van der Waals surface area contributed by atoms with Crippen LogP contribution in [0.5, 0.6) is 5.75 Å². The first-order valence-electron chi connectivity index (χ1n) is 11.4. The normalized spacial score (nSPS) is 15.4. The summed E-state index contributed by atoms with van der Waals surface area (Å²) in [5, 5.41) is 12.8. The summed E-state index contributed by atoms with van der Waals surface area (Å²) < 4.78 is 35.4. The van der Waals surface area contributed by atoms with Crippen molar-refractivity contribution in [3.8, 4) is 16.9 Å². The number of benzene rings is 1. The van der Waals surface area contributed by atoms with E-state index >= 15 is 0 Å². The van der Waals surface area contributed by atoms with E-state index in [1.807, 2.05) is 37.3 Å². The lowest BCUT2D eigenvalue weighted by atomic mass is 9.94. The third kappa shape index (κ3) is 5.08. The van der Waals surface area contributed by atoms with Crippen molar-refractivity contribution >= 4 is 21.4 Å². The minimum absolute atomic E-state index is 0.0116. The van der Waals surface area contributed by atoms with Crippen molar-refractivity contribution in [2.45, 2.75) is 68.5 Å². The van der Waals surface area contributed by atoms with Crippen molar-refractivity contribution in [2.24, 2.45) is 0 Å². The number of nitrogens with one attached hydrogen (secondary N) is 1. The Balaban J connectivity index is 1.73. The van der Waals surface area contributed by atoms with Crippen LogP contribution < -0.4 is 10.3 Å². The smallest absolute Gasteiger partial charge is 0.344 e. The lowest BCUT2D eigenvalue weighted by Gasteiger charge is -2.21. The molecule has 1 atom stereocenters. The molecule has 1 aliphatic rings. The van der Waals surface area contributed by atoms with E-state index in [0.717, 1.165) is 42.6 Å². The largest absolute Gasteiger partial charge is 0.507 e. The molecule has 0 radical (unpaired) electrons. The number of aryl methyl sites for hydroxylation is 1. The third-order valence-electron chi connectivity index (χ3n) is 6.08. The number of fused-ring (bicyclic) bond motifs is 1. The van der Waals surface area contributed by atoms with E-state index in [1.165, 1.54) is 0 Å². The first-order chi connectivity index (χ1) is 15.9. The van der Waals surface area contributed by atoms with Gasteiger partial charge in [-0.1, -0.05) is 56.5 Å². The van der Waals surface area contributed by atoms with Gasteiger partial charge in [-0.05, 0) is 42.7 Å². The number of hydrogen-bond acceptors (Lipinski definition) is 6. The molecule has 176 valence electrons. The molecule has 1 aromatic carbocycles. The average molecular weight is 488 g/mol. The Labute approximate surface area is 198 Å². The number of thiophene rings is 1. The second kappa shape index (κ2) is 10.2. The summed E-state index contributed by atoms with van der Waals surface area (Å²) in [5.74, 6) is 0.419. The van der Waals surface area contributed by atoms with Crippen molar-refractivity contribution in [3.05, 3.63) is 69.1 Å². The van der Waals surface area contributed by atoms with E-state index < -0.39 is 21.7 Å². The molecule has 0 saturated carbocycles. The van der Waals surface area contributed by atoms with Crippen LogP contribution in [-0.4, -0.2) is 13.5 Å².